The Hall–Kier alpha value is -2.74. The minimum absolute atomic E-state index is 0.569. The second kappa shape index (κ2) is 5.57. The molecule has 2 radical (unpaired) electrons. The summed E-state index contributed by atoms with van der Waals surface area (Å²) < 4.78 is 1.68. The molecule has 0 aliphatic heterocycles. The van der Waals surface area contributed by atoms with Crippen molar-refractivity contribution in [3.8, 4) is 6.07 Å². The van der Waals surface area contributed by atoms with Gasteiger partial charge in [-0.1, -0.05) is 23.7 Å². The van der Waals surface area contributed by atoms with E-state index in [1.807, 2.05) is 20.2 Å². The van der Waals surface area contributed by atoms with Gasteiger partial charge in [-0.05, 0) is 29.7 Å². The quantitative estimate of drug-likeness (QED) is 0.688. The van der Waals surface area contributed by atoms with E-state index in [2.05, 4.69) is 40.3 Å². The van der Waals surface area contributed by atoms with Gasteiger partial charge in [-0.2, -0.15) is 10.4 Å². The van der Waals surface area contributed by atoms with Gasteiger partial charge in [-0.25, -0.2) is 4.52 Å². The highest BCUT2D eigenvalue weighted by atomic mass is 15.2. The molecule has 0 atom stereocenters. The van der Waals surface area contributed by atoms with E-state index in [9.17, 15) is 5.26 Å². The van der Waals surface area contributed by atoms with Gasteiger partial charge in [-0.3, -0.25) is 0 Å². The molecule has 2 heterocycles. The first-order valence-corrected chi connectivity index (χ1v) is 7.00. The van der Waals surface area contributed by atoms with Crippen LogP contribution in [0.4, 0.5) is 5.69 Å². The van der Waals surface area contributed by atoms with Gasteiger partial charge < -0.3 is 4.90 Å². The van der Waals surface area contributed by atoms with Crippen molar-refractivity contribution < 1.29 is 0 Å². The van der Waals surface area contributed by atoms with E-state index in [0.29, 0.717) is 17.4 Å². The molecular weight excluding hydrogens is 271 g/mol. The van der Waals surface area contributed by atoms with Gasteiger partial charge in [0.25, 0.3) is 0 Å². The lowest BCUT2D eigenvalue weighted by atomic mass is 9.93. The number of nitriles is 1. The minimum Gasteiger partial charge on any atom is -0.378 e. The molecule has 0 fully saturated rings. The Morgan fingerprint density at radius 2 is 2.00 bits per heavy atom. The Morgan fingerprint density at radius 1 is 1.27 bits per heavy atom. The summed E-state index contributed by atoms with van der Waals surface area (Å²) in [6.45, 7) is 0. The normalized spacial score (nSPS) is 10.6. The van der Waals surface area contributed by atoms with Gasteiger partial charge in [-0.15, -0.1) is 0 Å². The summed E-state index contributed by atoms with van der Waals surface area (Å²) in [6, 6.07) is 12.5. The molecule has 2 aromatic heterocycles. The third kappa shape index (κ3) is 2.56. The number of aromatic nitrogens is 2. The van der Waals surface area contributed by atoms with Crippen LogP contribution in [-0.2, 0) is 6.42 Å². The van der Waals surface area contributed by atoms with Gasteiger partial charge in [0.1, 0.15) is 13.9 Å². The van der Waals surface area contributed by atoms with E-state index in [1.54, 1.807) is 16.9 Å². The fraction of sp³-hybridized carbons (Fsp3) is 0.176. The number of benzene rings is 1. The molecule has 0 amide bonds. The van der Waals surface area contributed by atoms with Crippen LogP contribution >= 0.6 is 0 Å². The molecule has 4 nitrogen and oxygen atoms in total. The third-order valence-electron chi connectivity index (χ3n) is 3.68. The SMILES string of the molecule is [B]c1cc(Cc2ccc(N(C)C)cc2)c2c(C#N)cnn2c1. The molecule has 0 saturated carbocycles. The maximum absolute atomic E-state index is 9.24. The molecule has 0 aliphatic carbocycles. The number of hydrogen-bond acceptors (Lipinski definition) is 3. The number of anilines is 1. The number of fused-ring (bicyclic) bond motifs is 1. The van der Waals surface area contributed by atoms with Gasteiger partial charge in [0.2, 0.25) is 0 Å². The summed E-state index contributed by atoms with van der Waals surface area (Å²) in [5, 5.41) is 13.4. The van der Waals surface area contributed by atoms with Crippen LogP contribution in [0.15, 0.2) is 42.7 Å². The predicted octanol–water partition coefficient (Wildman–Crippen LogP) is 1.66. The van der Waals surface area contributed by atoms with Crippen molar-refractivity contribution in [3.63, 3.8) is 0 Å². The fourth-order valence-corrected chi connectivity index (χ4v) is 2.58. The molecule has 5 heteroatoms. The Bertz CT molecular complexity index is 857. The lowest BCUT2D eigenvalue weighted by Gasteiger charge is -2.13. The van der Waals surface area contributed by atoms with E-state index >= 15 is 0 Å². The van der Waals surface area contributed by atoms with Crippen LogP contribution < -0.4 is 10.4 Å². The summed E-state index contributed by atoms with van der Waals surface area (Å²) in [5.74, 6) is 0. The van der Waals surface area contributed by atoms with Crippen molar-refractivity contribution >= 4 is 24.5 Å². The molecule has 0 spiro atoms. The summed E-state index contributed by atoms with van der Waals surface area (Å²) in [4.78, 5) is 2.06. The molecule has 0 N–H and O–H groups in total. The maximum atomic E-state index is 9.24. The van der Waals surface area contributed by atoms with Crippen LogP contribution in [0, 0.1) is 11.3 Å². The standard InChI is InChI=1S/C17H15BN4/c1-21(2)16-5-3-12(4-6-16)7-13-8-15(18)11-22-17(13)14(9-19)10-20-22/h3-6,8,10-11H,7H2,1-2H3. The number of nitrogens with zero attached hydrogens (tertiary/aromatic N) is 4. The first-order valence-electron chi connectivity index (χ1n) is 7.00. The Kier molecular flexibility index (Phi) is 3.60. The molecule has 1 aromatic carbocycles. The van der Waals surface area contributed by atoms with Gasteiger partial charge in [0.05, 0.1) is 17.3 Å². The van der Waals surface area contributed by atoms with Crippen molar-refractivity contribution in [3.05, 3.63) is 59.4 Å². The average molecular weight is 286 g/mol. The first kappa shape index (κ1) is 14.2. The number of hydrogen-bond donors (Lipinski definition) is 0. The van der Waals surface area contributed by atoms with Gasteiger partial charge >= 0.3 is 0 Å². The molecule has 22 heavy (non-hydrogen) atoms. The van der Waals surface area contributed by atoms with Crippen molar-refractivity contribution in [2.75, 3.05) is 19.0 Å². The zero-order valence-electron chi connectivity index (χ0n) is 12.6. The van der Waals surface area contributed by atoms with Crippen LogP contribution in [0.25, 0.3) is 5.52 Å². The van der Waals surface area contributed by atoms with E-state index in [1.165, 1.54) is 5.56 Å². The lowest BCUT2D eigenvalue weighted by molar-refractivity contribution is 0.956. The molecular formula is C17H15BN4. The summed E-state index contributed by atoms with van der Waals surface area (Å²) >= 11 is 0. The van der Waals surface area contributed by atoms with Crippen molar-refractivity contribution in [1.29, 1.82) is 5.26 Å². The second-order valence-corrected chi connectivity index (χ2v) is 5.50. The Balaban J connectivity index is 2.03. The Morgan fingerprint density at radius 3 is 2.64 bits per heavy atom. The third-order valence-corrected chi connectivity index (χ3v) is 3.68. The van der Waals surface area contributed by atoms with Crippen LogP contribution in [0.3, 0.4) is 0 Å². The first-order chi connectivity index (χ1) is 10.6. The minimum atomic E-state index is 0.569. The molecule has 0 saturated heterocycles. The monoisotopic (exact) mass is 286 g/mol. The highest BCUT2D eigenvalue weighted by Gasteiger charge is 2.10. The molecule has 0 bridgehead atoms. The number of rotatable bonds is 3. The summed E-state index contributed by atoms with van der Waals surface area (Å²) in [7, 11) is 9.97. The average Bonchev–Trinajstić information content (AvgIpc) is 2.90. The van der Waals surface area contributed by atoms with E-state index < -0.39 is 0 Å². The second-order valence-electron chi connectivity index (χ2n) is 5.50. The van der Waals surface area contributed by atoms with Gasteiger partial charge in [0, 0.05) is 26.0 Å². The smallest absolute Gasteiger partial charge is 0.115 e. The van der Waals surface area contributed by atoms with Crippen LogP contribution in [0.2, 0.25) is 0 Å². The molecule has 3 aromatic rings. The molecule has 0 unspecified atom stereocenters. The summed E-state index contributed by atoms with van der Waals surface area (Å²) in [5.41, 5.74) is 5.37. The fourth-order valence-electron chi connectivity index (χ4n) is 2.58. The van der Waals surface area contributed by atoms with Crippen LogP contribution in [-0.4, -0.2) is 31.6 Å². The van der Waals surface area contributed by atoms with Crippen LogP contribution in [0.1, 0.15) is 16.7 Å². The topological polar surface area (TPSA) is 44.3 Å². The van der Waals surface area contributed by atoms with Crippen molar-refractivity contribution in [2.24, 2.45) is 0 Å². The highest BCUT2D eigenvalue weighted by Crippen LogP contribution is 2.20. The lowest BCUT2D eigenvalue weighted by Crippen LogP contribution is -2.10. The Labute approximate surface area is 131 Å². The van der Waals surface area contributed by atoms with Gasteiger partial charge in [0.15, 0.2) is 0 Å². The summed E-state index contributed by atoms with van der Waals surface area (Å²) in [6.07, 6.45) is 4.02. The number of pyridine rings is 1. The van der Waals surface area contributed by atoms with E-state index in [4.69, 9.17) is 7.85 Å². The predicted molar refractivity (Wildman–Crippen MR) is 88.9 cm³/mol. The van der Waals surface area contributed by atoms with E-state index in [-0.39, 0.29) is 0 Å². The largest absolute Gasteiger partial charge is 0.378 e. The highest BCUT2D eigenvalue weighted by molar-refractivity contribution is 6.32. The van der Waals surface area contributed by atoms with E-state index in [0.717, 1.165) is 16.8 Å². The zero-order valence-corrected chi connectivity index (χ0v) is 12.6. The van der Waals surface area contributed by atoms with Crippen LogP contribution in [0.5, 0.6) is 0 Å². The molecule has 0 aliphatic rings. The zero-order chi connectivity index (χ0) is 15.7. The van der Waals surface area contributed by atoms with Crippen molar-refractivity contribution in [2.45, 2.75) is 6.42 Å². The molecule has 3 rings (SSSR count). The molecule has 106 valence electrons. The van der Waals surface area contributed by atoms with Crippen molar-refractivity contribution in [1.82, 2.24) is 9.61 Å². The maximum Gasteiger partial charge on any atom is 0.115 e.